The summed E-state index contributed by atoms with van der Waals surface area (Å²) in [7, 11) is 0. The van der Waals surface area contributed by atoms with Crippen LogP contribution in [0.4, 0.5) is 0 Å². The van der Waals surface area contributed by atoms with Gasteiger partial charge in [0, 0.05) is 5.02 Å². The van der Waals surface area contributed by atoms with Crippen LogP contribution in [0.5, 0.6) is 5.19 Å². The second kappa shape index (κ2) is 5.48. The number of benzene rings is 1. The average molecular weight is 275 g/mol. The summed E-state index contributed by atoms with van der Waals surface area (Å²) >= 11 is 12.7. The van der Waals surface area contributed by atoms with E-state index in [-0.39, 0.29) is 0 Å². The minimum atomic E-state index is 0.363. The molecule has 0 saturated heterocycles. The highest BCUT2D eigenvalue weighted by molar-refractivity contribution is 7.13. The van der Waals surface area contributed by atoms with E-state index in [4.69, 9.17) is 27.9 Å². The van der Waals surface area contributed by atoms with E-state index in [1.165, 1.54) is 11.3 Å². The van der Waals surface area contributed by atoms with E-state index in [1.807, 2.05) is 24.3 Å². The van der Waals surface area contributed by atoms with Crippen LogP contribution in [0, 0.1) is 0 Å². The number of rotatable bonds is 4. The maximum absolute atomic E-state index is 5.78. The van der Waals surface area contributed by atoms with Crippen molar-refractivity contribution >= 4 is 34.5 Å². The van der Waals surface area contributed by atoms with Crippen molar-refractivity contribution in [3.63, 3.8) is 0 Å². The van der Waals surface area contributed by atoms with Crippen molar-refractivity contribution in [3.8, 4) is 5.19 Å². The van der Waals surface area contributed by atoms with E-state index in [2.05, 4.69) is 10.2 Å². The van der Waals surface area contributed by atoms with Gasteiger partial charge in [-0.2, -0.15) is 0 Å². The van der Waals surface area contributed by atoms with Crippen molar-refractivity contribution in [3.05, 3.63) is 39.9 Å². The Morgan fingerprint density at radius 3 is 2.56 bits per heavy atom. The first-order valence-corrected chi connectivity index (χ1v) is 6.26. The SMILES string of the molecule is ClCc1nnc(OCc2ccc(Cl)cc2)s1. The predicted molar refractivity (Wildman–Crippen MR) is 65.3 cm³/mol. The zero-order valence-corrected chi connectivity index (χ0v) is 10.5. The fourth-order valence-electron chi connectivity index (χ4n) is 1.08. The predicted octanol–water partition coefficient (Wildman–Crippen LogP) is 3.51. The van der Waals surface area contributed by atoms with Crippen LogP contribution in [0.15, 0.2) is 24.3 Å². The molecule has 0 N–H and O–H groups in total. The van der Waals surface area contributed by atoms with E-state index >= 15 is 0 Å². The smallest absolute Gasteiger partial charge is 0.294 e. The maximum Gasteiger partial charge on any atom is 0.294 e. The third-order valence-electron chi connectivity index (χ3n) is 1.84. The molecule has 16 heavy (non-hydrogen) atoms. The normalized spacial score (nSPS) is 10.4. The Labute approximate surface area is 107 Å². The average Bonchev–Trinajstić information content (AvgIpc) is 2.76. The van der Waals surface area contributed by atoms with Crippen LogP contribution in [-0.4, -0.2) is 10.2 Å². The summed E-state index contributed by atoms with van der Waals surface area (Å²) in [5, 5.41) is 9.71. The number of nitrogens with zero attached hydrogens (tertiary/aromatic N) is 2. The first-order chi connectivity index (χ1) is 7.78. The lowest BCUT2D eigenvalue weighted by Crippen LogP contribution is -1.94. The molecule has 0 aliphatic rings. The molecule has 0 amide bonds. The van der Waals surface area contributed by atoms with E-state index in [0.717, 1.165) is 10.6 Å². The number of hydrogen-bond donors (Lipinski definition) is 0. The molecule has 6 heteroatoms. The van der Waals surface area contributed by atoms with Crippen molar-refractivity contribution < 1.29 is 4.74 Å². The molecule has 2 rings (SSSR count). The number of halogens is 2. The quantitative estimate of drug-likeness (QED) is 0.801. The van der Waals surface area contributed by atoms with Crippen LogP contribution in [0.2, 0.25) is 5.02 Å². The Kier molecular flexibility index (Phi) is 3.98. The van der Waals surface area contributed by atoms with Crippen molar-refractivity contribution in [1.29, 1.82) is 0 Å². The van der Waals surface area contributed by atoms with Gasteiger partial charge in [0.25, 0.3) is 5.19 Å². The Balaban J connectivity index is 1.94. The van der Waals surface area contributed by atoms with Crippen LogP contribution in [0.3, 0.4) is 0 Å². The highest BCUT2D eigenvalue weighted by atomic mass is 35.5. The summed E-state index contributed by atoms with van der Waals surface area (Å²) in [4.78, 5) is 0. The summed E-state index contributed by atoms with van der Waals surface area (Å²) in [6.07, 6.45) is 0. The molecule has 1 aromatic carbocycles. The third kappa shape index (κ3) is 3.07. The molecule has 1 aromatic heterocycles. The van der Waals surface area contributed by atoms with Gasteiger partial charge >= 0.3 is 0 Å². The molecule has 0 unspecified atom stereocenters. The summed E-state index contributed by atoms with van der Waals surface area (Å²) in [5.41, 5.74) is 1.03. The molecule has 0 atom stereocenters. The molecule has 0 aliphatic heterocycles. The van der Waals surface area contributed by atoms with Gasteiger partial charge in [0.1, 0.15) is 11.6 Å². The molecule has 0 bridgehead atoms. The fourth-order valence-corrected chi connectivity index (χ4v) is 1.96. The second-order valence-electron chi connectivity index (χ2n) is 3.01. The molecular formula is C10H8Cl2N2OS. The standard InChI is InChI=1S/C10H8Cl2N2OS/c11-5-9-13-14-10(16-9)15-6-7-1-3-8(12)4-2-7/h1-4H,5-6H2. The topological polar surface area (TPSA) is 35.0 Å². The van der Waals surface area contributed by atoms with E-state index in [1.54, 1.807) is 0 Å². The van der Waals surface area contributed by atoms with Gasteiger partial charge in [-0.3, -0.25) is 0 Å². The Bertz CT molecular complexity index is 458. The minimum Gasteiger partial charge on any atom is -0.464 e. The molecule has 0 aliphatic carbocycles. The summed E-state index contributed by atoms with van der Waals surface area (Å²) in [6.45, 7) is 0.452. The van der Waals surface area contributed by atoms with Crippen molar-refractivity contribution in [2.45, 2.75) is 12.5 Å². The molecule has 3 nitrogen and oxygen atoms in total. The number of ether oxygens (including phenoxy) is 1. The van der Waals surface area contributed by atoms with Gasteiger partial charge in [-0.1, -0.05) is 35.1 Å². The molecule has 0 spiro atoms. The maximum atomic E-state index is 5.78. The van der Waals surface area contributed by atoms with Gasteiger partial charge in [0.2, 0.25) is 0 Å². The van der Waals surface area contributed by atoms with E-state index < -0.39 is 0 Å². The second-order valence-corrected chi connectivity index (χ2v) is 4.74. The van der Waals surface area contributed by atoms with Crippen LogP contribution < -0.4 is 4.74 Å². The number of hydrogen-bond acceptors (Lipinski definition) is 4. The largest absolute Gasteiger partial charge is 0.464 e. The zero-order valence-electron chi connectivity index (χ0n) is 8.19. The molecule has 1 heterocycles. The first kappa shape index (κ1) is 11.6. The Morgan fingerprint density at radius 2 is 1.94 bits per heavy atom. The molecule has 0 radical (unpaired) electrons. The van der Waals surface area contributed by atoms with Crippen molar-refractivity contribution in [1.82, 2.24) is 10.2 Å². The molecule has 0 saturated carbocycles. The lowest BCUT2D eigenvalue weighted by molar-refractivity contribution is 0.302. The van der Waals surface area contributed by atoms with Gasteiger partial charge in [0.15, 0.2) is 0 Å². The first-order valence-electron chi connectivity index (χ1n) is 4.53. The van der Waals surface area contributed by atoms with E-state index in [9.17, 15) is 0 Å². The van der Waals surface area contributed by atoms with Gasteiger partial charge in [0.05, 0.1) is 5.88 Å². The van der Waals surface area contributed by atoms with Gasteiger partial charge < -0.3 is 4.74 Å². The number of aromatic nitrogens is 2. The van der Waals surface area contributed by atoms with Gasteiger partial charge in [-0.15, -0.1) is 21.8 Å². The monoisotopic (exact) mass is 274 g/mol. The Morgan fingerprint density at radius 1 is 1.19 bits per heavy atom. The van der Waals surface area contributed by atoms with Crippen molar-refractivity contribution in [2.75, 3.05) is 0 Å². The summed E-state index contributed by atoms with van der Waals surface area (Å²) in [5.74, 6) is 0.363. The number of alkyl halides is 1. The highest BCUT2D eigenvalue weighted by Crippen LogP contribution is 2.20. The molecule has 2 aromatic rings. The van der Waals surface area contributed by atoms with E-state index in [0.29, 0.717) is 22.7 Å². The lowest BCUT2D eigenvalue weighted by atomic mass is 10.2. The molecule has 84 valence electrons. The molecular weight excluding hydrogens is 267 g/mol. The molecule has 0 fully saturated rings. The summed E-state index contributed by atoms with van der Waals surface area (Å²) < 4.78 is 5.46. The van der Waals surface area contributed by atoms with Crippen molar-refractivity contribution in [2.24, 2.45) is 0 Å². The minimum absolute atomic E-state index is 0.363. The Hall–Kier alpha value is -0.840. The lowest BCUT2D eigenvalue weighted by Gasteiger charge is -2.01. The van der Waals surface area contributed by atoms with Crippen LogP contribution in [0.25, 0.3) is 0 Å². The fraction of sp³-hybridized carbons (Fsp3) is 0.200. The van der Waals surface area contributed by atoms with Gasteiger partial charge in [-0.25, -0.2) is 0 Å². The van der Waals surface area contributed by atoms with Crippen LogP contribution in [0.1, 0.15) is 10.6 Å². The van der Waals surface area contributed by atoms with Crippen LogP contribution >= 0.6 is 34.5 Å². The zero-order chi connectivity index (χ0) is 11.4. The highest BCUT2D eigenvalue weighted by Gasteiger charge is 2.03. The summed E-state index contributed by atoms with van der Waals surface area (Å²) in [6, 6.07) is 7.47. The van der Waals surface area contributed by atoms with Gasteiger partial charge in [-0.05, 0) is 17.7 Å². The van der Waals surface area contributed by atoms with Crippen LogP contribution in [-0.2, 0) is 12.5 Å². The third-order valence-corrected chi connectivity index (χ3v) is 3.34.